The number of benzene rings is 1. The highest BCUT2D eigenvalue weighted by Gasteiger charge is 2.22. The van der Waals surface area contributed by atoms with Crippen LogP contribution in [-0.4, -0.2) is 31.4 Å². The molecule has 0 bridgehead atoms. The van der Waals surface area contributed by atoms with Gasteiger partial charge in [0.2, 0.25) is 0 Å². The lowest BCUT2D eigenvalue weighted by Gasteiger charge is -2.29. The summed E-state index contributed by atoms with van der Waals surface area (Å²) in [6.45, 7) is 7.39. The highest BCUT2D eigenvalue weighted by Crippen LogP contribution is 2.27. The molecule has 1 aromatic rings. The summed E-state index contributed by atoms with van der Waals surface area (Å²) in [5, 5.41) is 12.5. The molecule has 1 aromatic carbocycles. The molecule has 0 radical (unpaired) electrons. The summed E-state index contributed by atoms with van der Waals surface area (Å²) in [4.78, 5) is 0. The van der Waals surface area contributed by atoms with Gasteiger partial charge in [-0.2, -0.15) is 0 Å². The Bertz CT molecular complexity index is 417. The van der Waals surface area contributed by atoms with Crippen LogP contribution in [0.4, 0.5) is 0 Å². The Hall–Kier alpha value is -0.900. The van der Waals surface area contributed by atoms with Crippen molar-refractivity contribution in [2.45, 2.75) is 39.2 Å². The van der Waals surface area contributed by atoms with Crippen LogP contribution in [0.25, 0.3) is 0 Å². The molecule has 1 atom stereocenters. The van der Waals surface area contributed by atoms with E-state index in [1.54, 1.807) is 0 Å². The van der Waals surface area contributed by atoms with Gasteiger partial charge in [-0.05, 0) is 35.8 Å². The summed E-state index contributed by atoms with van der Waals surface area (Å²) in [5.41, 5.74) is 2.97. The summed E-state index contributed by atoms with van der Waals surface area (Å²) in [7, 11) is 0. The van der Waals surface area contributed by atoms with Gasteiger partial charge >= 0.3 is 0 Å². The van der Waals surface area contributed by atoms with Gasteiger partial charge in [-0.15, -0.1) is 0 Å². The van der Waals surface area contributed by atoms with Crippen molar-refractivity contribution in [1.29, 1.82) is 0 Å². The van der Waals surface area contributed by atoms with E-state index in [4.69, 9.17) is 9.84 Å². The molecule has 2 N–H and O–H groups in total. The third-order valence-electron chi connectivity index (χ3n) is 4.04. The molecule has 0 saturated carbocycles. The van der Waals surface area contributed by atoms with Gasteiger partial charge < -0.3 is 15.2 Å². The Balaban J connectivity index is 1.83. The zero-order chi connectivity index (χ0) is 14.4. The molecule has 1 aliphatic heterocycles. The Morgan fingerprint density at radius 3 is 2.95 bits per heavy atom. The molecule has 2 rings (SSSR count). The number of hydrogen-bond acceptors (Lipinski definition) is 3. The molecule has 1 unspecified atom stereocenters. The minimum atomic E-state index is 0.175. The van der Waals surface area contributed by atoms with Gasteiger partial charge in [0.1, 0.15) is 0 Å². The lowest BCUT2D eigenvalue weighted by atomic mass is 9.87. The van der Waals surface area contributed by atoms with Gasteiger partial charge in [-0.1, -0.05) is 38.1 Å². The fourth-order valence-electron chi connectivity index (χ4n) is 2.83. The van der Waals surface area contributed by atoms with Crippen molar-refractivity contribution in [3.05, 3.63) is 35.4 Å². The van der Waals surface area contributed by atoms with Crippen molar-refractivity contribution >= 4 is 0 Å². The number of nitrogens with one attached hydrogen (secondary N) is 1. The van der Waals surface area contributed by atoms with E-state index >= 15 is 0 Å². The van der Waals surface area contributed by atoms with E-state index in [1.165, 1.54) is 11.1 Å². The maximum Gasteiger partial charge on any atom is 0.0952 e. The third-order valence-corrected chi connectivity index (χ3v) is 4.04. The number of aliphatic hydroxyl groups is 1. The largest absolute Gasteiger partial charge is 0.396 e. The molecule has 3 nitrogen and oxygen atoms in total. The van der Waals surface area contributed by atoms with Crippen molar-refractivity contribution in [2.75, 3.05) is 26.3 Å². The van der Waals surface area contributed by atoms with E-state index in [1.807, 2.05) is 0 Å². The van der Waals surface area contributed by atoms with Crippen molar-refractivity contribution in [3.63, 3.8) is 0 Å². The number of aliphatic hydroxyl groups excluding tert-OH is 1. The van der Waals surface area contributed by atoms with Crippen molar-refractivity contribution in [2.24, 2.45) is 5.41 Å². The fourth-order valence-corrected chi connectivity index (χ4v) is 2.83. The Kier molecular flexibility index (Phi) is 5.58. The van der Waals surface area contributed by atoms with Gasteiger partial charge in [0.05, 0.1) is 12.7 Å². The molecule has 20 heavy (non-hydrogen) atoms. The highest BCUT2D eigenvalue weighted by molar-refractivity contribution is 5.31. The van der Waals surface area contributed by atoms with E-state index in [0.717, 1.165) is 39.0 Å². The van der Waals surface area contributed by atoms with Gasteiger partial charge in [0, 0.05) is 19.7 Å². The summed E-state index contributed by atoms with van der Waals surface area (Å²) in [5.74, 6) is 0. The summed E-state index contributed by atoms with van der Waals surface area (Å²) in [6.07, 6.45) is 3.11. The van der Waals surface area contributed by atoms with E-state index in [0.29, 0.717) is 0 Å². The first-order valence-corrected chi connectivity index (χ1v) is 7.63. The van der Waals surface area contributed by atoms with Crippen LogP contribution in [0.2, 0.25) is 0 Å². The van der Waals surface area contributed by atoms with Crippen molar-refractivity contribution in [1.82, 2.24) is 5.32 Å². The SMILES string of the molecule is CC(C)(CCCO)CNCC1OCCc2ccccc21. The second-order valence-corrected chi connectivity index (χ2v) is 6.43. The Morgan fingerprint density at radius 1 is 1.35 bits per heavy atom. The number of fused-ring (bicyclic) bond motifs is 1. The third kappa shape index (κ3) is 4.30. The molecule has 112 valence electrons. The molecular weight excluding hydrogens is 250 g/mol. The van der Waals surface area contributed by atoms with E-state index in [9.17, 15) is 0 Å². The van der Waals surface area contributed by atoms with Crippen LogP contribution in [0, 0.1) is 5.41 Å². The molecule has 3 heteroatoms. The smallest absolute Gasteiger partial charge is 0.0952 e. The number of ether oxygens (including phenoxy) is 1. The van der Waals surface area contributed by atoms with Gasteiger partial charge in [0.15, 0.2) is 0 Å². The summed E-state index contributed by atoms with van der Waals surface area (Å²) >= 11 is 0. The lowest BCUT2D eigenvalue weighted by molar-refractivity contribution is 0.0407. The second kappa shape index (κ2) is 7.21. The predicted molar refractivity (Wildman–Crippen MR) is 81.8 cm³/mol. The monoisotopic (exact) mass is 277 g/mol. The molecule has 0 aromatic heterocycles. The minimum absolute atomic E-state index is 0.175. The molecule has 0 saturated heterocycles. The molecule has 0 aliphatic carbocycles. The first kappa shape index (κ1) is 15.5. The van der Waals surface area contributed by atoms with Gasteiger partial charge in [0.25, 0.3) is 0 Å². The molecule has 0 spiro atoms. The maximum atomic E-state index is 8.93. The van der Waals surface area contributed by atoms with E-state index in [2.05, 4.69) is 43.4 Å². The van der Waals surface area contributed by atoms with Crippen LogP contribution in [0.15, 0.2) is 24.3 Å². The van der Waals surface area contributed by atoms with Crippen molar-refractivity contribution in [3.8, 4) is 0 Å². The second-order valence-electron chi connectivity index (χ2n) is 6.43. The van der Waals surface area contributed by atoms with Crippen LogP contribution in [-0.2, 0) is 11.2 Å². The minimum Gasteiger partial charge on any atom is -0.396 e. The maximum absolute atomic E-state index is 8.93. The number of hydrogen-bond donors (Lipinski definition) is 2. The zero-order valence-corrected chi connectivity index (χ0v) is 12.7. The van der Waals surface area contributed by atoms with E-state index in [-0.39, 0.29) is 18.1 Å². The molecule has 0 amide bonds. The van der Waals surface area contributed by atoms with Crippen molar-refractivity contribution < 1.29 is 9.84 Å². The quantitative estimate of drug-likeness (QED) is 0.805. The first-order chi connectivity index (χ1) is 9.62. The van der Waals surface area contributed by atoms with Gasteiger partial charge in [-0.25, -0.2) is 0 Å². The molecule has 0 fully saturated rings. The van der Waals surface area contributed by atoms with Crippen LogP contribution in [0.3, 0.4) is 0 Å². The van der Waals surface area contributed by atoms with Crippen LogP contribution < -0.4 is 5.32 Å². The summed E-state index contributed by atoms with van der Waals surface area (Å²) < 4.78 is 5.90. The van der Waals surface area contributed by atoms with E-state index < -0.39 is 0 Å². The predicted octanol–water partition coefficient (Wildman–Crippen LogP) is 2.69. The average Bonchev–Trinajstić information content (AvgIpc) is 2.45. The fraction of sp³-hybridized carbons (Fsp3) is 0.647. The average molecular weight is 277 g/mol. The van der Waals surface area contributed by atoms with Crippen LogP contribution in [0.5, 0.6) is 0 Å². The lowest BCUT2D eigenvalue weighted by Crippen LogP contribution is -2.34. The zero-order valence-electron chi connectivity index (χ0n) is 12.7. The summed E-state index contributed by atoms with van der Waals surface area (Å²) in [6, 6.07) is 8.58. The first-order valence-electron chi connectivity index (χ1n) is 7.63. The Morgan fingerprint density at radius 2 is 2.15 bits per heavy atom. The van der Waals surface area contributed by atoms with Crippen LogP contribution in [0.1, 0.15) is 43.9 Å². The molecule has 1 heterocycles. The molecular formula is C17H27NO2. The molecule has 1 aliphatic rings. The van der Waals surface area contributed by atoms with Crippen LogP contribution >= 0.6 is 0 Å². The highest BCUT2D eigenvalue weighted by atomic mass is 16.5. The Labute approximate surface area is 122 Å². The normalized spacial score (nSPS) is 18.9. The standard InChI is InChI=1S/C17H27NO2/c1-17(2,9-5-10-19)13-18-12-16-15-7-4-3-6-14(15)8-11-20-16/h3-4,6-7,16,18-19H,5,8-13H2,1-2H3. The topological polar surface area (TPSA) is 41.5 Å². The number of rotatable bonds is 7. The van der Waals surface area contributed by atoms with Gasteiger partial charge in [-0.3, -0.25) is 0 Å².